The SMILES string of the molecule is CNS(=O)(=O)Cc1cccc(CNS(=O)(=O)c2ccc(OC)c3ccccc23)c1. The summed E-state index contributed by atoms with van der Waals surface area (Å²) in [4.78, 5) is 0.155. The van der Waals surface area contributed by atoms with Gasteiger partial charge in [-0.15, -0.1) is 0 Å². The van der Waals surface area contributed by atoms with E-state index in [2.05, 4.69) is 9.44 Å². The van der Waals surface area contributed by atoms with Gasteiger partial charge in [-0.05, 0) is 30.3 Å². The number of benzene rings is 3. The van der Waals surface area contributed by atoms with Crippen LogP contribution in [0.1, 0.15) is 11.1 Å². The van der Waals surface area contributed by atoms with Crippen LogP contribution in [0.2, 0.25) is 0 Å². The molecule has 0 aliphatic carbocycles. The molecule has 0 fully saturated rings. The quantitative estimate of drug-likeness (QED) is 0.567. The molecule has 3 rings (SSSR count). The van der Waals surface area contributed by atoms with Gasteiger partial charge in [0.25, 0.3) is 0 Å². The Hall–Kier alpha value is -2.46. The first-order valence-electron chi connectivity index (χ1n) is 8.80. The Balaban J connectivity index is 1.86. The Kier molecular flexibility index (Phi) is 6.23. The summed E-state index contributed by atoms with van der Waals surface area (Å²) in [5.74, 6) is 0.422. The van der Waals surface area contributed by atoms with Crippen molar-refractivity contribution in [3.63, 3.8) is 0 Å². The second-order valence-electron chi connectivity index (χ2n) is 6.42. The summed E-state index contributed by atoms with van der Waals surface area (Å²) in [6, 6.07) is 17.1. The number of ether oxygens (including phenoxy) is 1. The van der Waals surface area contributed by atoms with Crippen molar-refractivity contribution >= 4 is 30.8 Å². The summed E-state index contributed by atoms with van der Waals surface area (Å²) >= 11 is 0. The average molecular weight is 435 g/mol. The highest BCUT2D eigenvalue weighted by Gasteiger charge is 2.19. The average Bonchev–Trinajstić information content (AvgIpc) is 2.71. The third-order valence-electron chi connectivity index (χ3n) is 4.48. The van der Waals surface area contributed by atoms with Crippen molar-refractivity contribution in [2.24, 2.45) is 0 Å². The summed E-state index contributed by atoms with van der Waals surface area (Å²) in [6.45, 7) is 0.0378. The Morgan fingerprint density at radius 3 is 2.24 bits per heavy atom. The molecule has 0 bridgehead atoms. The summed E-state index contributed by atoms with van der Waals surface area (Å²) in [6.07, 6.45) is 0. The molecular weight excluding hydrogens is 412 g/mol. The molecule has 0 aliphatic heterocycles. The normalized spacial score (nSPS) is 12.2. The second kappa shape index (κ2) is 8.50. The van der Waals surface area contributed by atoms with Gasteiger partial charge in [0, 0.05) is 17.3 Å². The molecule has 0 amide bonds. The van der Waals surface area contributed by atoms with Crippen LogP contribution in [0, 0.1) is 0 Å². The lowest BCUT2D eigenvalue weighted by Crippen LogP contribution is -2.24. The van der Waals surface area contributed by atoms with Gasteiger partial charge in [0.05, 0.1) is 17.8 Å². The van der Waals surface area contributed by atoms with E-state index in [1.807, 2.05) is 6.07 Å². The van der Waals surface area contributed by atoms with E-state index in [4.69, 9.17) is 4.74 Å². The van der Waals surface area contributed by atoms with Crippen LogP contribution in [-0.4, -0.2) is 31.0 Å². The zero-order valence-corrected chi connectivity index (χ0v) is 17.7. The molecule has 7 nitrogen and oxygen atoms in total. The molecule has 154 valence electrons. The van der Waals surface area contributed by atoms with Gasteiger partial charge in [0.15, 0.2) is 0 Å². The predicted octanol–water partition coefficient (Wildman–Crippen LogP) is 2.38. The summed E-state index contributed by atoms with van der Waals surface area (Å²) in [5.41, 5.74) is 1.24. The van der Waals surface area contributed by atoms with Gasteiger partial charge < -0.3 is 4.74 Å². The van der Waals surface area contributed by atoms with Gasteiger partial charge in [-0.2, -0.15) is 0 Å². The molecule has 0 saturated carbocycles. The molecule has 0 aliphatic rings. The highest BCUT2D eigenvalue weighted by molar-refractivity contribution is 7.89. The van der Waals surface area contributed by atoms with Crippen molar-refractivity contribution < 1.29 is 21.6 Å². The van der Waals surface area contributed by atoms with Crippen LogP contribution in [0.4, 0.5) is 0 Å². The van der Waals surface area contributed by atoms with Gasteiger partial charge in [-0.3, -0.25) is 0 Å². The zero-order valence-electron chi connectivity index (χ0n) is 16.0. The monoisotopic (exact) mass is 434 g/mol. The fourth-order valence-electron chi connectivity index (χ4n) is 3.03. The molecule has 2 N–H and O–H groups in total. The number of rotatable bonds is 8. The lowest BCUT2D eigenvalue weighted by Gasteiger charge is -2.12. The number of nitrogens with one attached hydrogen (secondary N) is 2. The summed E-state index contributed by atoms with van der Waals surface area (Å²) < 4.78 is 59.5. The van der Waals surface area contributed by atoms with Crippen LogP contribution in [0.15, 0.2) is 65.6 Å². The van der Waals surface area contributed by atoms with Crippen molar-refractivity contribution in [3.05, 3.63) is 71.8 Å². The smallest absolute Gasteiger partial charge is 0.241 e. The van der Waals surface area contributed by atoms with Crippen molar-refractivity contribution in [2.45, 2.75) is 17.2 Å². The fourth-order valence-corrected chi connectivity index (χ4v) is 5.02. The van der Waals surface area contributed by atoms with E-state index >= 15 is 0 Å². The predicted molar refractivity (Wildman–Crippen MR) is 113 cm³/mol. The van der Waals surface area contributed by atoms with Gasteiger partial charge in [-0.1, -0.05) is 48.5 Å². The number of hydrogen-bond acceptors (Lipinski definition) is 5. The summed E-state index contributed by atoms with van der Waals surface area (Å²) in [7, 11) is -4.32. The molecule has 0 saturated heterocycles. The van der Waals surface area contributed by atoms with Crippen LogP contribution in [0.25, 0.3) is 10.8 Å². The van der Waals surface area contributed by atoms with E-state index in [0.29, 0.717) is 27.6 Å². The number of hydrogen-bond donors (Lipinski definition) is 2. The maximum atomic E-state index is 12.9. The standard InChI is InChI=1S/C20H22N2O5S2/c1-21-28(23,24)14-16-7-5-6-15(12-16)13-22-29(25,26)20-11-10-19(27-2)17-8-3-4-9-18(17)20/h3-12,21-22H,13-14H2,1-2H3. The third-order valence-corrected chi connectivity index (χ3v) is 7.27. The van der Waals surface area contributed by atoms with Gasteiger partial charge >= 0.3 is 0 Å². The van der Waals surface area contributed by atoms with E-state index in [1.54, 1.807) is 48.5 Å². The molecule has 3 aromatic rings. The van der Waals surface area contributed by atoms with Crippen molar-refractivity contribution in [2.75, 3.05) is 14.2 Å². The molecule has 0 heterocycles. The van der Waals surface area contributed by atoms with Crippen molar-refractivity contribution in [3.8, 4) is 5.75 Å². The van der Waals surface area contributed by atoms with Gasteiger partial charge in [0.1, 0.15) is 5.75 Å². The van der Waals surface area contributed by atoms with Crippen LogP contribution in [0.5, 0.6) is 5.75 Å². The lowest BCUT2D eigenvalue weighted by molar-refractivity contribution is 0.419. The highest BCUT2D eigenvalue weighted by atomic mass is 32.2. The van der Waals surface area contributed by atoms with Crippen molar-refractivity contribution in [1.29, 1.82) is 0 Å². The zero-order chi connectivity index (χ0) is 21.1. The molecule has 0 atom stereocenters. The molecule has 0 radical (unpaired) electrons. The van der Waals surface area contributed by atoms with Crippen LogP contribution in [0.3, 0.4) is 0 Å². The Morgan fingerprint density at radius 2 is 1.55 bits per heavy atom. The Bertz CT molecular complexity index is 1240. The second-order valence-corrected chi connectivity index (χ2v) is 10.1. The first kappa shape index (κ1) is 21.3. The summed E-state index contributed by atoms with van der Waals surface area (Å²) in [5, 5.41) is 1.27. The lowest BCUT2D eigenvalue weighted by atomic mass is 10.1. The van der Waals surface area contributed by atoms with E-state index in [-0.39, 0.29) is 17.2 Å². The van der Waals surface area contributed by atoms with E-state index in [1.165, 1.54) is 20.2 Å². The topological polar surface area (TPSA) is 102 Å². The van der Waals surface area contributed by atoms with Crippen molar-refractivity contribution in [1.82, 2.24) is 9.44 Å². The molecule has 0 unspecified atom stereocenters. The molecular formula is C20H22N2O5S2. The number of sulfonamides is 2. The minimum Gasteiger partial charge on any atom is -0.496 e. The van der Waals surface area contributed by atoms with E-state index in [0.717, 1.165) is 0 Å². The fraction of sp³-hybridized carbons (Fsp3) is 0.200. The number of fused-ring (bicyclic) bond motifs is 1. The number of methoxy groups -OCH3 is 1. The largest absolute Gasteiger partial charge is 0.496 e. The minimum atomic E-state index is -3.80. The van der Waals surface area contributed by atoms with Crippen LogP contribution < -0.4 is 14.2 Å². The maximum Gasteiger partial charge on any atom is 0.241 e. The first-order valence-corrected chi connectivity index (χ1v) is 11.9. The Labute approximate surface area is 170 Å². The van der Waals surface area contributed by atoms with Gasteiger partial charge in [-0.25, -0.2) is 26.3 Å². The molecule has 9 heteroatoms. The first-order chi connectivity index (χ1) is 13.8. The minimum absolute atomic E-state index is 0.0378. The Morgan fingerprint density at radius 1 is 0.862 bits per heavy atom. The van der Waals surface area contributed by atoms with E-state index < -0.39 is 20.0 Å². The maximum absolute atomic E-state index is 12.9. The van der Waals surface area contributed by atoms with Crippen LogP contribution >= 0.6 is 0 Å². The third kappa shape index (κ3) is 4.94. The van der Waals surface area contributed by atoms with Crippen LogP contribution in [-0.2, 0) is 32.3 Å². The molecule has 3 aromatic carbocycles. The van der Waals surface area contributed by atoms with Gasteiger partial charge in [0.2, 0.25) is 20.0 Å². The molecule has 0 aromatic heterocycles. The van der Waals surface area contributed by atoms with E-state index in [9.17, 15) is 16.8 Å². The molecule has 29 heavy (non-hydrogen) atoms. The molecule has 0 spiro atoms. The highest BCUT2D eigenvalue weighted by Crippen LogP contribution is 2.30.